The Balaban J connectivity index is 1.57. The van der Waals surface area contributed by atoms with E-state index < -0.39 is 0 Å². The molecule has 2 heterocycles. The quantitative estimate of drug-likeness (QED) is 0.768. The first-order valence-electron chi connectivity index (χ1n) is 9.91. The molecule has 3 rings (SSSR count). The Kier molecular flexibility index (Phi) is 6.58. The SMILES string of the molecule is COc1ccc(C(=O)N2CCCC(CCC(=O)N3CCCC3)C2)cc1OC. The Morgan fingerprint density at radius 2 is 1.70 bits per heavy atom. The highest BCUT2D eigenvalue weighted by Gasteiger charge is 2.26. The largest absolute Gasteiger partial charge is 0.493 e. The van der Waals surface area contributed by atoms with E-state index in [-0.39, 0.29) is 11.8 Å². The number of rotatable bonds is 6. The molecule has 2 aliphatic rings. The highest BCUT2D eigenvalue weighted by molar-refractivity contribution is 5.95. The Morgan fingerprint density at radius 3 is 2.41 bits per heavy atom. The average molecular weight is 374 g/mol. The minimum Gasteiger partial charge on any atom is -0.493 e. The van der Waals surface area contributed by atoms with Crippen LogP contribution in [0.5, 0.6) is 11.5 Å². The van der Waals surface area contributed by atoms with E-state index in [4.69, 9.17) is 9.47 Å². The normalized spacial score (nSPS) is 19.9. The van der Waals surface area contributed by atoms with Crippen molar-refractivity contribution < 1.29 is 19.1 Å². The standard InChI is InChI=1S/C21H30N2O4/c1-26-18-9-8-17(14-19(18)27-2)21(25)23-13-5-6-16(15-23)7-10-20(24)22-11-3-4-12-22/h8-9,14,16H,3-7,10-13,15H2,1-2H3. The minimum atomic E-state index is 0.0199. The Labute approximate surface area is 161 Å². The smallest absolute Gasteiger partial charge is 0.254 e. The summed E-state index contributed by atoms with van der Waals surface area (Å²) in [5.74, 6) is 1.87. The van der Waals surface area contributed by atoms with E-state index in [1.54, 1.807) is 32.4 Å². The molecule has 1 unspecified atom stereocenters. The first kappa shape index (κ1) is 19.5. The van der Waals surface area contributed by atoms with Crippen molar-refractivity contribution >= 4 is 11.8 Å². The third kappa shape index (κ3) is 4.73. The van der Waals surface area contributed by atoms with Crippen molar-refractivity contribution in [2.75, 3.05) is 40.4 Å². The van der Waals surface area contributed by atoms with Crippen LogP contribution in [0.15, 0.2) is 18.2 Å². The molecule has 27 heavy (non-hydrogen) atoms. The van der Waals surface area contributed by atoms with Gasteiger partial charge < -0.3 is 19.3 Å². The van der Waals surface area contributed by atoms with Crippen LogP contribution in [0.4, 0.5) is 0 Å². The molecule has 1 atom stereocenters. The van der Waals surface area contributed by atoms with Gasteiger partial charge in [-0.2, -0.15) is 0 Å². The molecule has 6 nitrogen and oxygen atoms in total. The summed E-state index contributed by atoms with van der Waals surface area (Å²) < 4.78 is 10.6. The summed E-state index contributed by atoms with van der Waals surface area (Å²) in [6.07, 6.45) is 5.80. The fourth-order valence-corrected chi connectivity index (χ4v) is 4.09. The maximum Gasteiger partial charge on any atom is 0.254 e. The molecule has 1 aromatic rings. The number of likely N-dealkylation sites (tertiary alicyclic amines) is 2. The molecule has 1 aromatic carbocycles. The van der Waals surface area contributed by atoms with Gasteiger partial charge in [0.1, 0.15) is 0 Å². The second-order valence-electron chi connectivity index (χ2n) is 7.46. The highest BCUT2D eigenvalue weighted by Crippen LogP contribution is 2.29. The third-order valence-electron chi connectivity index (χ3n) is 5.66. The zero-order valence-corrected chi connectivity index (χ0v) is 16.4. The van der Waals surface area contributed by atoms with Crippen molar-refractivity contribution in [3.63, 3.8) is 0 Å². The second-order valence-corrected chi connectivity index (χ2v) is 7.46. The lowest BCUT2D eigenvalue weighted by atomic mass is 9.92. The summed E-state index contributed by atoms with van der Waals surface area (Å²) in [7, 11) is 3.15. The van der Waals surface area contributed by atoms with Crippen LogP contribution in [-0.2, 0) is 4.79 Å². The van der Waals surface area contributed by atoms with E-state index in [9.17, 15) is 9.59 Å². The molecule has 0 radical (unpaired) electrons. The summed E-state index contributed by atoms with van der Waals surface area (Å²) in [6.45, 7) is 3.31. The molecule has 0 N–H and O–H groups in total. The number of carbonyl (C=O) groups excluding carboxylic acids is 2. The van der Waals surface area contributed by atoms with Gasteiger partial charge in [0.15, 0.2) is 11.5 Å². The minimum absolute atomic E-state index is 0.0199. The van der Waals surface area contributed by atoms with Crippen molar-refractivity contribution in [3.05, 3.63) is 23.8 Å². The molecule has 2 fully saturated rings. The molecule has 2 aliphatic heterocycles. The first-order valence-corrected chi connectivity index (χ1v) is 9.91. The number of nitrogens with zero attached hydrogens (tertiary/aromatic N) is 2. The average Bonchev–Trinajstić information content (AvgIpc) is 3.26. The van der Waals surface area contributed by atoms with Crippen molar-refractivity contribution in [1.82, 2.24) is 9.80 Å². The van der Waals surface area contributed by atoms with Gasteiger partial charge >= 0.3 is 0 Å². The molecule has 2 saturated heterocycles. The fourth-order valence-electron chi connectivity index (χ4n) is 4.09. The van der Waals surface area contributed by atoms with Crippen molar-refractivity contribution in [1.29, 1.82) is 0 Å². The van der Waals surface area contributed by atoms with E-state index in [2.05, 4.69) is 0 Å². The number of ether oxygens (including phenoxy) is 2. The van der Waals surface area contributed by atoms with Gasteiger partial charge in [-0.3, -0.25) is 9.59 Å². The molecule has 148 valence electrons. The summed E-state index contributed by atoms with van der Waals surface area (Å²) in [5, 5.41) is 0. The summed E-state index contributed by atoms with van der Waals surface area (Å²) >= 11 is 0. The van der Waals surface area contributed by atoms with Crippen LogP contribution in [0.1, 0.15) is 48.9 Å². The summed E-state index contributed by atoms with van der Waals surface area (Å²) in [6, 6.07) is 5.29. The number of amides is 2. The van der Waals surface area contributed by atoms with E-state index in [1.165, 1.54) is 0 Å². The lowest BCUT2D eigenvalue weighted by Gasteiger charge is -2.33. The van der Waals surface area contributed by atoms with Gasteiger partial charge in [-0.05, 0) is 56.2 Å². The van der Waals surface area contributed by atoms with E-state index >= 15 is 0 Å². The number of hydrogen-bond donors (Lipinski definition) is 0. The number of piperidine rings is 1. The highest BCUT2D eigenvalue weighted by atomic mass is 16.5. The van der Waals surface area contributed by atoms with Gasteiger partial charge in [0, 0.05) is 38.2 Å². The van der Waals surface area contributed by atoms with E-state index in [0.29, 0.717) is 29.4 Å². The number of hydrogen-bond acceptors (Lipinski definition) is 4. The lowest BCUT2D eigenvalue weighted by molar-refractivity contribution is -0.130. The third-order valence-corrected chi connectivity index (χ3v) is 5.66. The van der Waals surface area contributed by atoms with Gasteiger partial charge in [0.2, 0.25) is 5.91 Å². The van der Waals surface area contributed by atoms with Crippen LogP contribution in [0.25, 0.3) is 0 Å². The molecule has 0 spiro atoms. The van der Waals surface area contributed by atoms with E-state index in [1.807, 2.05) is 9.80 Å². The second kappa shape index (κ2) is 9.11. The first-order chi connectivity index (χ1) is 13.1. The van der Waals surface area contributed by atoms with Crippen LogP contribution in [0.2, 0.25) is 0 Å². The lowest BCUT2D eigenvalue weighted by Crippen LogP contribution is -2.40. The van der Waals surface area contributed by atoms with Crippen LogP contribution >= 0.6 is 0 Å². The maximum atomic E-state index is 12.9. The van der Waals surface area contributed by atoms with E-state index in [0.717, 1.165) is 58.3 Å². The molecule has 0 aromatic heterocycles. The molecule has 0 bridgehead atoms. The van der Waals surface area contributed by atoms with Gasteiger partial charge in [-0.25, -0.2) is 0 Å². The van der Waals surface area contributed by atoms with Gasteiger partial charge in [0.25, 0.3) is 5.91 Å². The van der Waals surface area contributed by atoms with Gasteiger partial charge in [-0.15, -0.1) is 0 Å². The van der Waals surface area contributed by atoms with Crippen LogP contribution in [0.3, 0.4) is 0 Å². The Morgan fingerprint density at radius 1 is 1.00 bits per heavy atom. The molecule has 0 saturated carbocycles. The Bertz CT molecular complexity index is 670. The van der Waals surface area contributed by atoms with Crippen molar-refractivity contribution in [2.24, 2.45) is 5.92 Å². The number of benzene rings is 1. The molecule has 0 aliphatic carbocycles. The molecule has 2 amide bonds. The molecule has 6 heteroatoms. The predicted octanol–water partition coefficient (Wildman–Crippen LogP) is 2.96. The predicted molar refractivity (Wildman–Crippen MR) is 103 cm³/mol. The zero-order chi connectivity index (χ0) is 19.2. The topological polar surface area (TPSA) is 59.1 Å². The van der Waals surface area contributed by atoms with Crippen molar-refractivity contribution in [2.45, 2.75) is 38.5 Å². The summed E-state index contributed by atoms with van der Waals surface area (Å²) in [4.78, 5) is 29.1. The molecular formula is C21H30N2O4. The van der Waals surface area contributed by atoms with Gasteiger partial charge in [-0.1, -0.05) is 0 Å². The number of carbonyl (C=O) groups is 2. The molecular weight excluding hydrogens is 344 g/mol. The van der Waals surface area contributed by atoms with Crippen LogP contribution in [0, 0.1) is 5.92 Å². The van der Waals surface area contributed by atoms with Crippen LogP contribution < -0.4 is 9.47 Å². The van der Waals surface area contributed by atoms with Crippen molar-refractivity contribution in [3.8, 4) is 11.5 Å². The maximum absolute atomic E-state index is 12.9. The number of methoxy groups -OCH3 is 2. The zero-order valence-electron chi connectivity index (χ0n) is 16.4. The fraction of sp³-hybridized carbons (Fsp3) is 0.619. The summed E-state index contributed by atoms with van der Waals surface area (Å²) in [5.41, 5.74) is 0.612. The van der Waals surface area contributed by atoms with Crippen LogP contribution in [-0.4, -0.2) is 62.0 Å². The van der Waals surface area contributed by atoms with Gasteiger partial charge in [0.05, 0.1) is 14.2 Å². The Hall–Kier alpha value is -2.24. The monoisotopic (exact) mass is 374 g/mol.